The summed E-state index contributed by atoms with van der Waals surface area (Å²) >= 11 is 5.45. The molecule has 2 bridgehead atoms. The molecule has 4 aliphatic rings. The molecule has 5 nitrogen and oxygen atoms in total. The minimum Gasteiger partial charge on any atom is -0.346 e. The van der Waals surface area contributed by atoms with Crippen molar-refractivity contribution in [3.05, 3.63) is 35.8 Å². The van der Waals surface area contributed by atoms with Crippen LogP contribution in [0.4, 0.5) is 0 Å². The summed E-state index contributed by atoms with van der Waals surface area (Å²) in [4.78, 5) is 2.21. The summed E-state index contributed by atoms with van der Waals surface area (Å²) in [6.07, 6.45) is 12.3. The van der Waals surface area contributed by atoms with Crippen LogP contribution < -0.4 is 0 Å². The number of fused-ring (bicyclic) bond motifs is 4. The van der Waals surface area contributed by atoms with E-state index < -0.39 is 0 Å². The molecular formula is C16H22N4OS. The highest BCUT2D eigenvalue weighted by molar-refractivity contribution is 7.80. The van der Waals surface area contributed by atoms with E-state index in [-0.39, 0.29) is 0 Å². The molecule has 118 valence electrons. The van der Waals surface area contributed by atoms with Crippen LogP contribution in [0.5, 0.6) is 0 Å². The van der Waals surface area contributed by atoms with E-state index in [1.807, 2.05) is 13.0 Å². The van der Waals surface area contributed by atoms with Crippen molar-refractivity contribution in [2.24, 2.45) is 22.1 Å². The quantitative estimate of drug-likeness (QED) is 0.589. The van der Waals surface area contributed by atoms with Gasteiger partial charge >= 0.3 is 0 Å². The van der Waals surface area contributed by atoms with Crippen molar-refractivity contribution < 1.29 is 5.21 Å². The molecule has 1 aliphatic carbocycles. The number of thiocarbonyl (C=S) groups is 1. The smallest absolute Gasteiger partial charge is 0.216 e. The molecule has 0 aromatic rings. The number of hydrogen-bond donors (Lipinski definition) is 1. The van der Waals surface area contributed by atoms with Crippen molar-refractivity contribution in [3.63, 3.8) is 0 Å². The van der Waals surface area contributed by atoms with Gasteiger partial charge in [0.05, 0.1) is 11.4 Å². The standard InChI is InChI=1S/C16H22N4OS/c1-12(15-4-2-3-9-20(15)21)17-18-16(22)19-10-13-5-6-14(11-19)8-7-13/h2-4,9,13-14,21H,5-8,10-11H2,1H3/b15-12+,18-17?. The van der Waals surface area contributed by atoms with Crippen molar-refractivity contribution in [1.29, 1.82) is 0 Å². The highest BCUT2D eigenvalue weighted by Gasteiger charge is 2.30. The monoisotopic (exact) mass is 318 g/mol. The first-order valence-electron chi connectivity index (χ1n) is 7.88. The Labute approximate surface area is 136 Å². The Kier molecular flexibility index (Phi) is 4.69. The summed E-state index contributed by atoms with van der Waals surface area (Å²) in [6.45, 7) is 3.85. The zero-order chi connectivity index (χ0) is 15.5. The van der Waals surface area contributed by atoms with Gasteiger partial charge in [-0.1, -0.05) is 6.08 Å². The predicted molar refractivity (Wildman–Crippen MR) is 89.1 cm³/mol. The van der Waals surface area contributed by atoms with Gasteiger partial charge < -0.3 is 4.90 Å². The van der Waals surface area contributed by atoms with Gasteiger partial charge in [0, 0.05) is 19.3 Å². The SMILES string of the molecule is C/C(N=NC(=S)N1CC2CCC(CC2)C1)=C1/C=CC=CN1O. The van der Waals surface area contributed by atoms with Crippen molar-refractivity contribution in [1.82, 2.24) is 9.96 Å². The van der Waals surface area contributed by atoms with Crippen LogP contribution in [0.25, 0.3) is 0 Å². The van der Waals surface area contributed by atoms with Crippen molar-refractivity contribution >= 4 is 17.3 Å². The molecule has 0 spiro atoms. The molecule has 1 N–H and O–H groups in total. The van der Waals surface area contributed by atoms with Crippen LogP contribution in [0.1, 0.15) is 32.6 Å². The van der Waals surface area contributed by atoms with Gasteiger partial charge in [-0.25, -0.2) is 5.06 Å². The maximum absolute atomic E-state index is 9.76. The molecule has 0 aromatic heterocycles. The fourth-order valence-electron chi connectivity index (χ4n) is 3.40. The lowest BCUT2D eigenvalue weighted by Gasteiger charge is -2.22. The molecule has 4 rings (SSSR count). The molecule has 0 aromatic carbocycles. The lowest BCUT2D eigenvalue weighted by atomic mass is 9.84. The van der Waals surface area contributed by atoms with Gasteiger partial charge in [0.25, 0.3) is 0 Å². The van der Waals surface area contributed by atoms with Gasteiger partial charge in [0.1, 0.15) is 0 Å². The van der Waals surface area contributed by atoms with Crippen LogP contribution >= 0.6 is 12.2 Å². The Morgan fingerprint density at radius 2 is 1.77 bits per heavy atom. The minimum absolute atomic E-state index is 0.568. The second kappa shape index (κ2) is 6.71. The largest absolute Gasteiger partial charge is 0.346 e. The Balaban J connectivity index is 1.67. The number of azo groups is 1. The molecular weight excluding hydrogens is 296 g/mol. The number of allylic oxidation sites excluding steroid dienone is 4. The Bertz CT molecular complexity index is 544. The van der Waals surface area contributed by atoms with E-state index in [0.717, 1.165) is 30.0 Å². The molecule has 1 saturated carbocycles. The molecule has 3 fully saturated rings. The topological polar surface area (TPSA) is 51.4 Å². The van der Waals surface area contributed by atoms with E-state index in [9.17, 15) is 5.21 Å². The average Bonchev–Trinajstić information content (AvgIpc) is 2.86. The molecule has 0 unspecified atom stereocenters. The maximum Gasteiger partial charge on any atom is 0.216 e. The van der Waals surface area contributed by atoms with Crippen molar-refractivity contribution in [2.45, 2.75) is 32.6 Å². The van der Waals surface area contributed by atoms with Crippen LogP contribution in [-0.4, -0.2) is 33.4 Å². The number of rotatable bonds is 1. The van der Waals surface area contributed by atoms with E-state index in [1.54, 1.807) is 18.4 Å². The minimum atomic E-state index is 0.568. The second-order valence-electron chi connectivity index (χ2n) is 6.29. The van der Waals surface area contributed by atoms with E-state index in [4.69, 9.17) is 12.2 Å². The molecule has 0 radical (unpaired) electrons. The third-order valence-electron chi connectivity index (χ3n) is 4.69. The zero-order valence-corrected chi connectivity index (χ0v) is 13.7. The molecule has 3 heterocycles. The summed E-state index contributed by atoms with van der Waals surface area (Å²) in [5.41, 5.74) is 1.26. The maximum atomic E-state index is 9.76. The third-order valence-corrected chi connectivity index (χ3v) is 5.03. The molecule has 22 heavy (non-hydrogen) atoms. The molecule has 3 aliphatic heterocycles. The van der Waals surface area contributed by atoms with Crippen LogP contribution in [0, 0.1) is 11.8 Å². The van der Waals surface area contributed by atoms with Crippen LogP contribution in [-0.2, 0) is 0 Å². The fourth-order valence-corrected chi connectivity index (χ4v) is 3.59. The Hall–Kier alpha value is -1.53. The average molecular weight is 318 g/mol. The van der Waals surface area contributed by atoms with E-state index in [0.29, 0.717) is 16.5 Å². The van der Waals surface area contributed by atoms with Gasteiger partial charge in [-0.2, -0.15) is 5.11 Å². The van der Waals surface area contributed by atoms with E-state index >= 15 is 0 Å². The highest BCUT2D eigenvalue weighted by Crippen LogP contribution is 2.34. The third kappa shape index (κ3) is 3.44. The van der Waals surface area contributed by atoms with Gasteiger partial charge in [-0.05, 0) is 68.8 Å². The molecule has 0 atom stereocenters. The van der Waals surface area contributed by atoms with Gasteiger partial charge in [0.15, 0.2) is 0 Å². The van der Waals surface area contributed by atoms with E-state index in [1.165, 1.54) is 25.7 Å². The number of hydrogen-bond acceptors (Lipinski definition) is 4. The second-order valence-corrected chi connectivity index (χ2v) is 6.66. The number of hydroxylamine groups is 2. The summed E-state index contributed by atoms with van der Waals surface area (Å²) in [6, 6.07) is 0. The van der Waals surface area contributed by atoms with Gasteiger partial charge in [0.2, 0.25) is 5.11 Å². The van der Waals surface area contributed by atoms with Gasteiger partial charge in [-0.3, -0.25) is 5.21 Å². The lowest BCUT2D eigenvalue weighted by Crippen LogP contribution is -2.32. The van der Waals surface area contributed by atoms with E-state index in [2.05, 4.69) is 15.1 Å². The zero-order valence-electron chi connectivity index (χ0n) is 12.9. The lowest BCUT2D eigenvalue weighted by molar-refractivity contribution is -0.00149. The Morgan fingerprint density at radius 3 is 2.36 bits per heavy atom. The summed E-state index contributed by atoms with van der Waals surface area (Å²) in [5, 5.41) is 19.8. The first-order valence-corrected chi connectivity index (χ1v) is 8.29. The molecule has 6 heteroatoms. The highest BCUT2D eigenvalue weighted by atomic mass is 32.1. The van der Waals surface area contributed by atoms with Crippen molar-refractivity contribution in [2.75, 3.05) is 13.1 Å². The first kappa shape index (κ1) is 15.4. The van der Waals surface area contributed by atoms with Crippen LogP contribution in [0.15, 0.2) is 46.1 Å². The van der Waals surface area contributed by atoms with Crippen LogP contribution in [0.3, 0.4) is 0 Å². The fraction of sp³-hybridized carbons (Fsp3) is 0.562. The van der Waals surface area contributed by atoms with Crippen LogP contribution in [0.2, 0.25) is 0 Å². The predicted octanol–water partition coefficient (Wildman–Crippen LogP) is 3.85. The summed E-state index contributed by atoms with van der Waals surface area (Å²) in [5.74, 6) is 1.51. The van der Waals surface area contributed by atoms with Gasteiger partial charge in [-0.15, -0.1) is 5.11 Å². The summed E-state index contributed by atoms with van der Waals surface area (Å²) in [7, 11) is 0. The Morgan fingerprint density at radius 1 is 1.14 bits per heavy atom. The molecule has 0 amide bonds. The summed E-state index contributed by atoms with van der Waals surface area (Å²) < 4.78 is 0. The molecule has 2 saturated heterocycles. The number of nitrogens with zero attached hydrogens (tertiary/aromatic N) is 4. The first-order chi connectivity index (χ1) is 10.6. The normalized spacial score (nSPS) is 30.1. The van der Waals surface area contributed by atoms with Crippen molar-refractivity contribution in [3.8, 4) is 0 Å².